The summed E-state index contributed by atoms with van der Waals surface area (Å²) in [6.07, 6.45) is 3.61. The lowest BCUT2D eigenvalue weighted by atomic mass is 10.1. The number of halogens is 1. The molecule has 0 saturated carbocycles. The van der Waals surface area contributed by atoms with Gasteiger partial charge in [0.1, 0.15) is 5.82 Å². The molecule has 4 aromatic rings. The van der Waals surface area contributed by atoms with Crippen molar-refractivity contribution < 1.29 is 14.0 Å². The van der Waals surface area contributed by atoms with Crippen molar-refractivity contribution in [1.82, 2.24) is 5.32 Å². The third kappa shape index (κ3) is 7.74. The second-order valence-corrected chi connectivity index (χ2v) is 8.90. The quantitative estimate of drug-likeness (QED) is 0.281. The van der Waals surface area contributed by atoms with Crippen molar-refractivity contribution in [3.05, 3.63) is 143 Å². The van der Waals surface area contributed by atoms with E-state index in [0.29, 0.717) is 13.1 Å². The first kappa shape index (κ1) is 25.6. The Morgan fingerprint density at radius 2 is 1.51 bits per heavy atom. The molecule has 1 N–H and O–H groups in total. The van der Waals surface area contributed by atoms with E-state index in [1.807, 2.05) is 85.8 Å². The molecule has 0 fully saturated rings. The molecule has 0 aliphatic heterocycles. The van der Waals surface area contributed by atoms with E-state index in [4.69, 9.17) is 0 Å². The van der Waals surface area contributed by atoms with Gasteiger partial charge in [0.05, 0.1) is 13.0 Å². The molecule has 0 atom stereocenters. The molecule has 186 valence electrons. The molecule has 0 bridgehead atoms. The summed E-state index contributed by atoms with van der Waals surface area (Å²) in [5.41, 5.74) is 5.53. The first-order chi connectivity index (χ1) is 18.0. The topological polar surface area (TPSA) is 49.4 Å². The zero-order valence-electron chi connectivity index (χ0n) is 20.7. The summed E-state index contributed by atoms with van der Waals surface area (Å²) >= 11 is 0. The number of nitrogens with zero attached hydrogens (tertiary/aromatic N) is 1. The largest absolute Gasteiger partial charge is 0.352 e. The van der Waals surface area contributed by atoms with Gasteiger partial charge in [0.15, 0.2) is 0 Å². The number of carbonyl (C=O) groups excluding carboxylic acids is 2. The number of nitrogens with one attached hydrogen (secondary N) is 1. The third-order valence-corrected chi connectivity index (χ3v) is 5.92. The van der Waals surface area contributed by atoms with Gasteiger partial charge >= 0.3 is 0 Å². The maximum Gasteiger partial charge on any atom is 0.251 e. The number of aryl methyl sites for hydroxylation is 1. The Bertz CT molecular complexity index is 1360. The van der Waals surface area contributed by atoms with Crippen LogP contribution in [0, 0.1) is 12.7 Å². The standard InChI is InChI=1S/C32H29FN2O2/c1-24-6-5-9-28(20-24)23-35(32(37)19-14-25-7-3-2-4-8-25)30-17-12-26(13-18-30)21-31(36)34-22-27-10-15-29(33)16-11-27/h2-20H,21-23H2,1H3,(H,34,36). The molecule has 0 radical (unpaired) electrons. The molecular weight excluding hydrogens is 463 g/mol. The molecule has 4 aromatic carbocycles. The lowest BCUT2D eigenvalue weighted by Gasteiger charge is -2.22. The summed E-state index contributed by atoms with van der Waals surface area (Å²) in [6, 6.07) is 31.3. The SMILES string of the molecule is Cc1cccc(CN(C(=O)C=Cc2ccccc2)c2ccc(CC(=O)NCc3ccc(F)cc3)cc2)c1. The van der Waals surface area contributed by atoms with Crippen LogP contribution in [0.2, 0.25) is 0 Å². The molecule has 4 rings (SSSR count). The zero-order chi connectivity index (χ0) is 26.0. The van der Waals surface area contributed by atoms with Gasteiger partial charge in [-0.15, -0.1) is 0 Å². The van der Waals surface area contributed by atoms with Crippen molar-refractivity contribution in [1.29, 1.82) is 0 Å². The van der Waals surface area contributed by atoms with E-state index in [1.54, 1.807) is 23.1 Å². The van der Waals surface area contributed by atoms with Crippen LogP contribution in [0.5, 0.6) is 0 Å². The number of anilines is 1. The summed E-state index contributed by atoms with van der Waals surface area (Å²) in [4.78, 5) is 27.4. The Hall–Kier alpha value is -4.51. The molecule has 37 heavy (non-hydrogen) atoms. The molecule has 0 spiro atoms. The highest BCUT2D eigenvalue weighted by molar-refractivity contribution is 6.03. The van der Waals surface area contributed by atoms with Gasteiger partial charge in [-0.2, -0.15) is 0 Å². The van der Waals surface area contributed by atoms with Gasteiger partial charge in [-0.05, 0) is 59.5 Å². The number of rotatable bonds is 9. The fraction of sp³-hybridized carbons (Fsp3) is 0.125. The predicted octanol–water partition coefficient (Wildman–Crippen LogP) is 6.24. The maximum absolute atomic E-state index is 13.3. The average molecular weight is 493 g/mol. The van der Waals surface area contributed by atoms with Crippen molar-refractivity contribution in [3.8, 4) is 0 Å². The van der Waals surface area contributed by atoms with Gasteiger partial charge in [-0.3, -0.25) is 9.59 Å². The Morgan fingerprint density at radius 1 is 0.811 bits per heavy atom. The first-order valence-electron chi connectivity index (χ1n) is 12.2. The smallest absolute Gasteiger partial charge is 0.251 e. The highest BCUT2D eigenvalue weighted by atomic mass is 19.1. The average Bonchev–Trinajstić information content (AvgIpc) is 2.91. The molecule has 2 amide bonds. The normalized spacial score (nSPS) is 10.9. The van der Waals surface area contributed by atoms with Crippen molar-refractivity contribution in [3.63, 3.8) is 0 Å². The van der Waals surface area contributed by atoms with Crippen LogP contribution in [0.4, 0.5) is 10.1 Å². The van der Waals surface area contributed by atoms with E-state index in [-0.39, 0.29) is 24.1 Å². The van der Waals surface area contributed by atoms with Crippen LogP contribution < -0.4 is 10.2 Å². The highest BCUT2D eigenvalue weighted by Crippen LogP contribution is 2.20. The van der Waals surface area contributed by atoms with Crippen LogP contribution in [0.3, 0.4) is 0 Å². The molecule has 0 saturated heterocycles. The van der Waals surface area contributed by atoms with Gasteiger partial charge in [0.2, 0.25) is 5.91 Å². The Labute approximate surface area is 217 Å². The van der Waals surface area contributed by atoms with Gasteiger partial charge in [-0.25, -0.2) is 4.39 Å². The van der Waals surface area contributed by atoms with E-state index >= 15 is 0 Å². The molecule has 0 aromatic heterocycles. The van der Waals surface area contributed by atoms with Gasteiger partial charge in [0.25, 0.3) is 5.91 Å². The monoisotopic (exact) mass is 492 g/mol. The van der Waals surface area contributed by atoms with Crippen LogP contribution in [-0.4, -0.2) is 11.8 Å². The molecule has 0 heterocycles. The summed E-state index contributed by atoms with van der Waals surface area (Å²) in [6.45, 7) is 2.79. The van der Waals surface area contributed by atoms with Crippen molar-refractivity contribution >= 4 is 23.6 Å². The van der Waals surface area contributed by atoms with E-state index in [0.717, 1.165) is 33.5 Å². The summed E-state index contributed by atoms with van der Waals surface area (Å²) in [5, 5.41) is 2.86. The Kier molecular flexibility index (Phi) is 8.61. The molecule has 0 aliphatic carbocycles. The fourth-order valence-electron chi connectivity index (χ4n) is 3.96. The van der Waals surface area contributed by atoms with Gasteiger partial charge < -0.3 is 10.2 Å². The minimum Gasteiger partial charge on any atom is -0.352 e. The van der Waals surface area contributed by atoms with Crippen molar-refractivity contribution in [2.75, 3.05) is 4.90 Å². The van der Waals surface area contributed by atoms with Crippen LogP contribution in [0.1, 0.15) is 27.8 Å². The highest BCUT2D eigenvalue weighted by Gasteiger charge is 2.15. The van der Waals surface area contributed by atoms with Crippen LogP contribution in [0.15, 0.2) is 109 Å². The lowest BCUT2D eigenvalue weighted by molar-refractivity contribution is -0.120. The predicted molar refractivity (Wildman–Crippen MR) is 146 cm³/mol. The molecule has 0 aliphatic rings. The molecular formula is C32H29FN2O2. The van der Waals surface area contributed by atoms with E-state index in [2.05, 4.69) is 11.4 Å². The van der Waals surface area contributed by atoms with E-state index in [9.17, 15) is 14.0 Å². The number of benzene rings is 4. The minimum atomic E-state index is -0.305. The fourth-order valence-corrected chi connectivity index (χ4v) is 3.96. The van der Waals surface area contributed by atoms with Crippen LogP contribution in [-0.2, 0) is 29.1 Å². The molecule has 5 heteroatoms. The first-order valence-corrected chi connectivity index (χ1v) is 12.2. The summed E-state index contributed by atoms with van der Waals surface area (Å²) in [5.74, 6) is -0.564. The third-order valence-electron chi connectivity index (χ3n) is 5.92. The second-order valence-electron chi connectivity index (χ2n) is 8.90. The summed E-state index contributed by atoms with van der Waals surface area (Å²) in [7, 11) is 0. The molecule has 0 unspecified atom stereocenters. The number of carbonyl (C=O) groups is 2. The van der Waals surface area contributed by atoms with Crippen LogP contribution in [0.25, 0.3) is 6.08 Å². The van der Waals surface area contributed by atoms with Gasteiger partial charge in [0, 0.05) is 18.3 Å². The van der Waals surface area contributed by atoms with Gasteiger partial charge in [-0.1, -0.05) is 84.4 Å². The van der Waals surface area contributed by atoms with E-state index < -0.39 is 0 Å². The Balaban J connectivity index is 1.45. The number of amides is 2. The number of hydrogen-bond donors (Lipinski definition) is 1. The Morgan fingerprint density at radius 3 is 2.22 bits per heavy atom. The van der Waals surface area contributed by atoms with Crippen LogP contribution >= 0.6 is 0 Å². The lowest BCUT2D eigenvalue weighted by Crippen LogP contribution is -2.29. The second kappa shape index (κ2) is 12.5. The molecule has 4 nitrogen and oxygen atoms in total. The maximum atomic E-state index is 13.3. The van der Waals surface area contributed by atoms with E-state index in [1.165, 1.54) is 12.1 Å². The zero-order valence-corrected chi connectivity index (χ0v) is 20.7. The summed E-state index contributed by atoms with van der Waals surface area (Å²) < 4.78 is 13.1. The van der Waals surface area contributed by atoms with Crippen molar-refractivity contribution in [2.45, 2.75) is 26.4 Å². The number of hydrogen-bond acceptors (Lipinski definition) is 2. The van der Waals surface area contributed by atoms with Crippen molar-refractivity contribution in [2.24, 2.45) is 0 Å². The minimum absolute atomic E-state index is 0.129.